The van der Waals surface area contributed by atoms with E-state index < -0.39 is 0 Å². The zero-order valence-electron chi connectivity index (χ0n) is 18.5. The average Bonchev–Trinajstić information content (AvgIpc) is 2.75. The monoisotopic (exact) mass is 426 g/mol. The van der Waals surface area contributed by atoms with E-state index in [-0.39, 0.29) is 0 Å². The van der Waals surface area contributed by atoms with Crippen molar-refractivity contribution in [1.82, 2.24) is 30.7 Å². The molecule has 1 aliphatic rings. The standard InChI is InChI=1S/C21H42N6O3/c1-4-28-16-10-22-7-13-25-19-26(14-8-23-11-17-29-5-2)21-27(20-25)15-9-24-12-18-30-6-3/h4-6,22-24H,1-3,7-21H2. The number of ether oxygens (including phenoxy) is 3. The third kappa shape index (κ3) is 14.4. The molecule has 0 saturated carbocycles. The molecule has 3 N–H and O–H groups in total. The van der Waals surface area contributed by atoms with Crippen molar-refractivity contribution in [3.8, 4) is 0 Å². The minimum Gasteiger partial charge on any atom is -0.500 e. The van der Waals surface area contributed by atoms with Gasteiger partial charge in [-0.05, 0) is 0 Å². The molecule has 30 heavy (non-hydrogen) atoms. The van der Waals surface area contributed by atoms with Crippen LogP contribution < -0.4 is 16.0 Å². The SMILES string of the molecule is C=COCCNCCN1CN(CCNCCOC=C)CN(CCNCCOC=C)C1. The number of nitrogens with one attached hydrogen (secondary N) is 3. The van der Waals surface area contributed by atoms with Crippen molar-refractivity contribution in [2.75, 3.05) is 98.7 Å². The molecule has 1 rings (SSSR count). The van der Waals surface area contributed by atoms with Crippen LogP contribution >= 0.6 is 0 Å². The lowest BCUT2D eigenvalue weighted by Crippen LogP contribution is -2.57. The second-order valence-corrected chi connectivity index (χ2v) is 6.97. The van der Waals surface area contributed by atoms with E-state index in [0.717, 1.165) is 78.9 Å². The van der Waals surface area contributed by atoms with E-state index in [1.165, 1.54) is 18.8 Å². The van der Waals surface area contributed by atoms with Crippen LogP contribution in [0.4, 0.5) is 0 Å². The Kier molecular flexibility index (Phi) is 17.0. The highest BCUT2D eigenvalue weighted by Gasteiger charge is 2.22. The first-order valence-corrected chi connectivity index (χ1v) is 10.8. The van der Waals surface area contributed by atoms with Gasteiger partial charge < -0.3 is 30.2 Å². The molecule has 174 valence electrons. The summed E-state index contributed by atoms with van der Waals surface area (Å²) in [5.74, 6) is 0. The molecule has 1 fully saturated rings. The molecule has 0 bridgehead atoms. The number of hydrogen-bond acceptors (Lipinski definition) is 9. The Morgan fingerprint density at radius 2 is 0.833 bits per heavy atom. The minimum atomic E-state index is 0.657. The topological polar surface area (TPSA) is 73.5 Å². The lowest BCUT2D eigenvalue weighted by Gasteiger charge is -2.42. The summed E-state index contributed by atoms with van der Waals surface area (Å²) in [4.78, 5) is 7.44. The van der Waals surface area contributed by atoms with Crippen LogP contribution in [0.15, 0.2) is 38.5 Å². The van der Waals surface area contributed by atoms with Crippen LogP contribution in [-0.4, -0.2) is 113 Å². The Morgan fingerprint density at radius 3 is 1.10 bits per heavy atom. The van der Waals surface area contributed by atoms with E-state index in [4.69, 9.17) is 14.2 Å². The van der Waals surface area contributed by atoms with Gasteiger partial charge in [-0.2, -0.15) is 0 Å². The molecule has 0 radical (unpaired) electrons. The van der Waals surface area contributed by atoms with Crippen molar-refractivity contribution < 1.29 is 14.2 Å². The van der Waals surface area contributed by atoms with Gasteiger partial charge in [0.15, 0.2) is 0 Å². The summed E-state index contributed by atoms with van der Waals surface area (Å²) in [5, 5.41) is 10.3. The summed E-state index contributed by atoms with van der Waals surface area (Å²) >= 11 is 0. The van der Waals surface area contributed by atoms with E-state index in [1.807, 2.05) is 0 Å². The average molecular weight is 427 g/mol. The van der Waals surface area contributed by atoms with E-state index in [0.29, 0.717) is 19.8 Å². The van der Waals surface area contributed by atoms with E-state index in [9.17, 15) is 0 Å². The Hall–Kier alpha value is -1.62. The summed E-state index contributed by atoms with van der Waals surface area (Å²) < 4.78 is 15.4. The summed E-state index contributed by atoms with van der Waals surface area (Å²) in [6, 6.07) is 0. The smallest absolute Gasteiger partial charge is 0.0997 e. The molecule has 0 aromatic carbocycles. The normalized spacial score (nSPS) is 15.6. The molecule has 0 atom stereocenters. The minimum absolute atomic E-state index is 0.657. The summed E-state index contributed by atoms with van der Waals surface area (Å²) in [6.45, 7) is 23.9. The molecular formula is C21H42N6O3. The molecule has 1 saturated heterocycles. The van der Waals surface area contributed by atoms with Crippen LogP contribution in [0.3, 0.4) is 0 Å². The second kappa shape index (κ2) is 19.3. The molecule has 1 heterocycles. The summed E-state index contributed by atoms with van der Waals surface area (Å²) in [5.41, 5.74) is 0. The maximum Gasteiger partial charge on any atom is 0.0997 e. The van der Waals surface area contributed by atoms with Gasteiger partial charge in [-0.15, -0.1) is 0 Å². The molecule has 0 aliphatic carbocycles. The molecule has 9 heteroatoms. The van der Waals surface area contributed by atoms with Gasteiger partial charge in [0, 0.05) is 58.9 Å². The number of rotatable bonds is 21. The molecule has 0 aromatic rings. The Bertz CT molecular complexity index is 373. The van der Waals surface area contributed by atoms with Crippen LogP contribution in [0.5, 0.6) is 0 Å². The van der Waals surface area contributed by atoms with Crippen molar-refractivity contribution in [1.29, 1.82) is 0 Å². The lowest BCUT2D eigenvalue weighted by molar-refractivity contribution is -0.0273. The zero-order valence-corrected chi connectivity index (χ0v) is 18.5. The van der Waals surface area contributed by atoms with Gasteiger partial charge in [0.2, 0.25) is 0 Å². The molecule has 1 aliphatic heterocycles. The molecule has 0 amide bonds. The summed E-state index contributed by atoms with van der Waals surface area (Å²) in [6.07, 6.45) is 4.45. The van der Waals surface area contributed by atoms with Crippen LogP contribution in [0.1, 0.15) is 0 Å². The molecule has 9 nitrogen and oxygen atoms in total. The molecule has 0 unspecified atom stereocenters. The Morgan fingerprint density at radius 1 is 0.533 bits per heavy atom. The van der Waals surface area contributed by atoms with Gasteiger partial charge in [0.25, 0.3) is 0 Å². The van der Waals surface area contributed by atoms with Gasteiger partial charge in [-0.3, -0.25) is 14.7 Å². The van der Waals surface area contributed by atoms with Crippen LogP contribution in [0, 0.1) is 0 Å². The van der Waals surface area contributed by atoms with Crippen LogP contribution in [0.2, 0.25) is 0 Å². The number of nitrogens with zero attached hydrogens (tertiary/aromatic N) is 3. The predicted octanol–water partition coefficient (Wildman–Crippen LogP) is 0.0276. The van der Waals surface area contributed by atoms with Gasteiger partial charge in [0.1, 0.15) is 0 Å². The summed E-state index contributed by atoms with van der Waals surface area (Å²) in [7, 11) is 0. The zero-order chi connectivity index (χ0) is 21.7. The highest BCUT2D eigenvalue weighted by atomic mass is 16.5. The highest BCUT2D eigenvalue weighted by Crippen LogP contribution is 2.06. The van der Waals surface area contributed by atoms with Crippen molar-refractivity contribution in [2.24, 2.45) is 0 Å². The highest BCUT2D eigenvalue weighted by molar-refractivity contribution is 4.72. The van der Waals surface area contributed by atoms with Gasteiger partial charge in [-0.1, -0.05) is 19.7 Å². The maximum atomic E-state index is 5.15. The van der Waals surface area contributed by atoms with Crippen molar-refractivity contribution in [3.05, 3.63) is 38.5 Å². The van der Waals surface area contributed by atoms with E-state index in [1.54, 1.807) is 0 Å². The lowest BCUT2D eigenvalue weighted by atomic mass is 10.4. The van der Waals surface area contributed by atoms with Crippen molar-refractivity contribution in [2.45, 2.75) is 0 Å². The first-order valence-electron chi connectivity index (χ1n) is 10.8. The fraction of sp³-hybridized carbons (Fsp3) is 0.714. The largest absolute Gasteiger partial charge is 0.500 e. The van der Waals surface area contributed by atoms with E-state index in [2.05, 4.69) is 50.4 Å². The van der Waals surface area contributed by atoms with Crippen molar-refractivity contribution in [3.63, 3.8) is 0 Å². The van der Waals surface area contributed by atoms with Crippen molar-refractivity contribution >= 4 is 0 Å². The Balaban J connectivity index is 2.31. The third-order valence-electron chi connectivity index (χ3n) is 4.56. The fourth-order valence-corrected chi connectivity index (χ4v) is 3.14. The van der Waals surface area contributed by atoms with Gasteiger partial charge >= 0.3 is 0 Å². The Labute approximate surface area is 182 Å². The van der Waals surface area contributed by atoms with Crippen LogP contribution in [0.25, 0.3) is 0 Å². The van der Waals surface area contributed by atoms with Gasteiger partial charge in [0.05, 0.1) is 58.6 Å². The first-order chi connectivity index (χ1) is 14.8. The van der Waals surface area contributed by atoms with Crippen LogP contribution in [-0.2, 0) is 14.2 Å². The quantitative estimate of drug-likeness (QED) is 0.174. The number of hydrogen-bond donors (Lipinski definition) is 3. The van der Waals surface area contributed by atoms with Gasteiger partial charge in [-0.25, -0.2) is 0 Å². The van der Waals surface area contributed by atoms with E-state index >= 15 is 0 Å². The fourth-order valence-electron chi connectivity index (χ4n) is 3.14. The third-order valence-corrected chi connectivity index (χ3v) is 4.56. The second-order valence-electron chi connectivity index (χ2n) is 6.97. The maximum absolute atomic E-state index is 5.15. The molecule has 0 aromatic heterocycles. The predicted molar refractivity (Wildman–Crippen MR) is 122 cm³/mol. The first kappa shape index (κ1) is 26.4. The molecular weight excluding hydrogens is 384 g/mol. The molecule has 0 spiro atoms.